The number of likely N-dealkylation sites (tertiary alicyclic amines) is 1. The third-order valence-electron chi connectivity index (χ3n) is 2.85. The topological polar surface area (TPSA) is 55.6 Å². The average molecular weight is 186 g/mol. The minimum atomic E-state index is -0.319. The number of rotatable bonds is 1. The molecule has 1 heterocycles. The number of methoxy groups -OCH3 is 1. The van der Waals surface area contributed by atoms with Gasteiger partial charge in [0, 0.05) is 20.2 Å². The third kappa shape index (κ3) is 2.59. The standard InChI is InChI=1S/C9H18N2O2/c1-9(13-2)4-3-6-11(7-5-9)8(10)12/h3-7H2,1-2H3,(H2,10,12). The van der Waals surface area contributed by atoms with Crippen LogP contribution in [0.1, 0.15) is 26.2 Å². The zero-order valence-electron chi connectivity index (χ0n) is 8.38. The molecule has 1 fully saturated rings. The average Bonchev–Trinajstić information content (AvgIpc) is 2.28. The molecule has 0 spiro atoms. The molecule has 1 aliphatic heterocycles. The number of amides is 2. The van der Waals surface area contributed by atoms with Gasteiger partial charge < -0.3 is 15.4 Å². The van der Waals surface area contributed by atoms with Crippen molar-refractivity contribution in [1.29, 1.82) is 0 Å². The predicted octanol–water partition coefficient (Wildman–Crippen LogP) is 0.956. The van der Waals surface area contributed by atoms with Gasteiger partial charge in [-0.05, 0) is 26.2 Å². The Kier molecular flexibility index (Phi) is 3.14. The number of hydrogen-bond acceptors (Lipinski definition) is 2. The fourth-order valence-electron chi connectivity index (χ4n) is 1.68. The molecule has 0 saturated carbocycles. The molecular weight excluding hydrogens is 168 g/mol. The zero-order chi connectivity index (χ0) is 9.90. The molecule has 4 nitrogen and oxygen atoms in total. The molecule has 0 bridgehead atoms. The van der Waals surface area contributed by atoms with Crippen molar-refractivity contribution in [3.05, 3.63) is 0 Å². The van der Waals surface area contributed by atoms with E-state index in [0.717, 1.165) is 25.8 Å². The molecule has 2 amide bonds. The van der Waals surface area contributed by atoms with Crippen LogP contribution in [-0.4, -0.2) is 36.7 Å². The van der Waals surface area contributed by atoms with Crippen molar-refractivity contribution in [2.45, 2.75) is 31.8 Å². The lowest BCUT2D eigenvalue weighted by molar-refractivity contribution is -0.00494. The number of carbonyl (C=O) groups excluding carboxylic acids is 1. The van der Waals surface area contributed by atoms with Crippen LogP contribution in [0.3, 0.4) is 0 Å². The first kappa shape index (κ1) is 10.3. The van der Waals surface area contributed by atoms with Crippen molar-refractivity contribution in [3.63, 3.8) is 0 Å². The molecule has 4 heteroatoms. The Hall–Kier alpha value is -0.770. The molecule has 1 atom stereocenters. The Labute approximate surface area is 79.0 Å². The first-order valence-corrected chi connectivity index (χ1v) is 4.67. The molecular formula is C9H18N2O2. The van der Waals surface area contributed by atoms with Crippen molar-refractivity contribution in [2.24, 2.45) is 5.73 Å². The molecule has 1 unspecified atom stereocenters. The number of nitrogens with zero attached hydrogens (tertiary/aromatic N) is 1. The van der Waals surface area contributed by atoms with Crippen molar-refractivity contribution in [1.82, 2.24) is 4.90 Å². The summed E-state index contributed by atoms with van der Waals surface area (Å²) in [7, 11) is 1.72. The summed E-state index contributed by atoms with van der Waals surface area (Å²) in [5.74, 6) is 0. The maximum Gasteiger partial charge on any atom is 0.314 e. The highest BCUT2D eigenvalue weighted by atomic mass is 16.5. The van der Waals surface area contributed by atoms with Crippen LogP contribution in [0, 0.1) is 0 Å². The first-order chi connectivity index (χ1) is 6.07. The summed E-state index contributed by atoms with van der Waals surface area (Å²) in [6, 6.07) is -0.319. The quantitative estimate of drug-likeness (QED) is 0.663. The Bertz CT molecular complexity index is 196. The van der Waals surface area contributed by atoms with Crippen LogP contribution in [0.2, 0.25) is 0 Å². The van der Waals surface area contributed by atoms with E-state index in [4.69, 9.17) is 10.5 Å². The molecule has 76 valence electrons. The van der Waals surface area contributed by atoms with Gasteiger partial charge >= 0.3 is 6.03 Å². The number of urea groups is 1. The molecule has 13 heavy (non-hydrogen) atoms. The van der Waals surface area contributed by atoms with Crippen molar-refractivity contribution >= 4 is 6.03 Å². The van der Waals surface area contributed by atoms with Crippen LogP contribution in [0.4, 0.5) is 4.79 Å². The van der Waals surface area contributed by atoms with E-state index in [-0.39, 0.29) is 11.6 Å². The monoisotopic (exact) mass is 186 g/mol. The van der Waals surface area contributed by atoms with E-state index in [0.29, 0.717) is 6.54 Å². The molecule has 1 saturated heterocycles. The predicted molar refractivity (Wildman–Crippen MR) is 50.4 cm³/mol. The zero-order valence-corrected chi connectivity index (χ0v) is 8.38. The van der Waals surface area contributed by atoms with Crippen LogP contribution in [0.15, 0.2) is 0 Å². The molecule has 0 aliphatic carbocycles. The lowest BCUT2D eigenvalue weighted by Gasteiger charge is -2.26. The highest BCUT2D eigenvalue weighted by Crippen LogP contribution is 2.24. The van der Waals surface area contributed by atoms with E-state index in [1.807, 2.05) is 0 Å². The summed E-state index contributed by atoms with van der Waals surface area (Å²) in [6.07, 6.45) is 2.83. The van der Waals surface area contributed by atoms with E-state index in [2.05, 4.69) is 6.92 Å². The van der Waals surface area contributed by atoms with Crippen LogP contribution in [0.25, 0.3) is 0 Å². The Morgan fingerprint density at radius 2 is 2.15 bits per heavy atom. The summed E-state index contributed by atoms with van der Waals surface area (Å²) >= 11 is 0. The van der Waals surface area contributed by atoms with Crippen LogP contribution < -0.4 is 5.73 Å². The van der Waals surface area contributed by atoms with Crippen LogP contribution in [-0.2, 0) is 4.74 Å². The van der Waals surface area contributed by atoms with E-state index >= 15 is 0 Å². The third-order valence-corrected chi connectivity index (χ3v) is 2.85. The lowest BCUT2D eigenvalue weighted by atomic mass is 9.97. The summed E-state index contributed by atoms with van der Waals surface area (Å²) in [5, 5.41) is 0. The van der Waals surface area contributed by atoms with Gasteiger partial charge in [-0.1, -0.05) is 0 Å². The second-order valence-electron chi connectivity index (χ2n) is 3.83. The van der Waals surface area contributed by atoms with Crippen molar-refractivity contribution in [3.8, 4) is 0 Å². The van der Waals surface area contributed by atoms with Gasteiger partial charge in [-0.15, -0.1) is 0 Å². The van der Waals surface area contributed by atoms with Crippen molar-refractivity contribution in [2.75, 3.05) is 20.2 Å². The summed E-state index contributed by atoms with van der Waals surface area (Å²) in [4.78, 5) is 12.6. The maximum absolute atomic E-state index is 10.9. The van der Waals surface area contributed by atoms with E-state index < -0.39 is 0 Å². The first-order valence-electron chi connectivity index (χ1n) is 4.67. The van der Waals surface area contributed by atoms with Gasteiger partial charge in [-0.25, -0.2) is 4.79 Å². The molecule has 1 aliphatic rings. The van der Waals surface area contributed by atoms with Gasteiger partial charge in [0.05, 0.1) is 5.60 Å². The van der Waals surface area contributed by atoms with E-state index in [1.165, 1.54) is 0 Å². The summed E-state index contributed by atoms with van der Waals surface area (Å²) in [5.41, 5.74) is 5.13. The highest BCUT2D eigenvalue weighted by Gasteiger charge is 2.28. The fraction of sp³-hybridized carbons (Fsp3) is 0.889. The molecule has 0 aromatic heterocycles. The van der Waals surface area contributed by atoms with Gasteiger partial charge in [-0.3, -0.25) is 0 Å². The highest BCUT2D eigenvalue weighted by molar-refractivity contribution is 5.71. The van der Waals surface area contributed by atoms with Gasteiger partial charge in [-0.2, -0.15) is 0 Å². The van der Waals surface area contributed by atoms with Gasteiger partial charge in [0.25, 0.3) is 0 Å². The van der Waals surface area contributed by atoms with Gasteiger partial charge in [0.15, 0.2) is 0 Å². The minimum Gasteiger partial charge on any atom is -0.378 e. The molecule has 0 aromatic carbocycles. The second kappa shape index (κ2) is 3.96. The van der Waals surface area contributed by atoms with E-state index in [1.54, 1.807) is 12.0 Å². The number of carbonyl (C=O) groups is 1. The van der Waals surface area contributed by atoms with E-state index in [9.17, 15) is 4.79 Å². The number of ether oxygens (including phenoxy) is 1. The number of primary amides is 1. The second-order valence-corrected chi connectivity index (χ2v) is 3.83. The number of hydrogen-bond donors (Lipinski definition) is 1. The summed E-state index contributed by atoms with van der Waals surface area (Å²) in [6.45, 7) is 3.55. The minimum absolute atomic E-state index is 0.0792. The SMILES string of the molecule is COC1(C)CCCN(C(N)=O)CC1. The normalized spacial score (nSPS) is 29.8. The van der Waals surface area contributed by atoms with Gasteiger partial charge in [0.2, 0.25) is 0 Å². The Morgan fingerprint density at radius 3 is 2.69 bits per heavy atom. The maximum atomic E-state index is 10.9. The lowest BCUT2D eigenvalue weighted by Crippen LogP contribution is -2.37. The van der Waals surface area contributed by atoms with Crippen LogP contribution >= 0.6 is 0 Å². The molecule has 0 aromatic rings. The summed E-state index contributed by atoms with van der Waals surface area (Å²) < 4.78 is 5.41. The Morgan fingerprint density at radius 1 is 1.46 bits per heavy atom. The smallest absolute Gasteiger partial charge is 0.314 e. The van der Waals surface area contributed by atoms with Crippen LogP contribution in [0.5, 0.6) is 0 Å². The largest absolute Gasteiger partial charge is 0.378 e. The molecule has 1 rings (SSSR count). The molecule has 0 radical (unpaired) electrons. The Balaban J connectivity index is 2.53. The fourth-order valence-corrected chi connectivity index (χ4v) is 1.68. The number of nitrogens with two attached hydrogens (primary N) is 1. The van der Waals surface area contributed by atoms with Gasteiger partial charge in [0.1, 0.15) is 0 Å². The molecule has 2 N–H and O–H groups in total. The van der Waals surface area contributed by atoms with Crippen molar-refractivity contribution < 1.29 is 9.53 Å².